The number of anilines is 2. The fourth-order valence-electron chi connectivity index (χ4n) is 2.15. The molecule has 0 saturated heterocycles. The zero-order chi connectivity index (χ0) is 16.2. The molecule has 2 aromatic carbocycles. The number of nitrogens with zero attached hydrogens (tertiary/aromatic N) is 2. The van der Waals surface area contributed by atoms with Crippen LogP contribution in [0.4, 0.5) is 11.5 Å². The van der Waals surface area contributed by atoms with Crippen molar-refractivity contribution in [3.05, 3.63) is 54.2 Å². The average Bonchev–Trinajstić information content (AvgIpc) is 2.54. The van der Waals surface area contributed by atoms with Crippen molar-refractivity contribution >= 4 is 28.5 Å². The van der Waals surface area contributed by atoms with Crippen LogP contribution >= 0.6 is 0 Å². The highest BCUT2D eigenvalue weighted by Gasteiger charge is 2.18. The topological polar surface area (TPSA) is 84.3 Å². The molecule has 3 aromatic rings. The van der Waals surface area contributed by atoms with E-state index < -0.39 is 5.97 Å². The van der Waals surface area contributed by atoms with Crippen LogP contribution in [0.15, 0.2) is 48.5 Å². The maximum atomic E-state index is 12.2. The minimum atomic E-state index is -0.548. The van der Waals surface area contributed by atoms with Crippen LogP contribution in [0.25, 0.3) is 11.0 Å². The molecule has 23 heavy (non-hydrogen) atoms. The van der Waals surface area contributed by atoms with E-state index in [0.717, 1.165) is 0 Å². The van der Waals surface area contributed by atoms with E-state index in [4.69, 9.17) is 4.74 Å². The van der Waals surface area contributed by atoms with Gasteiger partial charge in [0.2, 0.25) is 0 Å². The smallest absolute Gasteiger partial charge is 0.360 e. The zero-order valence-corrected chi connectivity index (χ0v) is 12.5. The molecule has 3 rings (SSSR count). The number of nitrogens with one attached hydrogen (secondary N) is 1. The Morgan fingerprint density at radius 1 is 1.13 bits per heavy atom. The van der Waals surface area contributed by atoms with Gasteiger partial charge in [-0.25, -0.2) is 14.8 Å². The Hall–Kier alpha value is -3.15. The van der Waals surface area contributed by atoms with Crippen molar-refractivity contribution in [2.24, 2.45) is 0 Å². The van der Waals surface area contributed by atoms with Crippen molar-refractivity contribution in [3.63, 3.8) is 0 Å². The van der Waals surface area contributed by atoms with E-state index in [1.54, 1.807) is 31.2 Å². The number of carbonyl (C=O) groups excluding carboxylic acids is 1. The first-order chi connectivity index (χ1) is 11.2. The van der Waals surface area contributed by atoms with Gasteiger partial charge in [-0.05, 0) is 31.2 Å². The fourth-order valence-corrected chi connectivity index (χ4v) is 2.15. The van der Waals surface area contributed by atoms with Gasteiger partial charge >= 0.3 is 5.97 Å². The van der Waals surface area contributed by atoms with Gasteiger partial charge in [-0.15, -0.1) is 0 Å². The van der Waals surface area contributed by atoms with Crippen LogP contribution in [0, 0.1) is 0 Å². The number of esters is 1. The van der Waals surface area contributed by atoms with Gasteiger partial charge in [0.25, 0.3) is 0 Å². The molecular weight excluding hydrogens is 294 g/mol. The third kappa shape index (κ3) is 3.21. The van der Waals surface area contributed by atoms with Gasteiger partial charge in [-0.1, -0.05) is 18.2 Å². The summed E-state index contributed by atoms with van der Waals surface area (Å²) in [7, 11) is 0. The Bertz CT molecular complexity index is 865. The highest BCUT2D eigenvalue weighted by Crippen LogP contribution is 2.23. The fraction of sp³-hybridized carbons (Fsp3) is 0.118. The maximum absolute atomic E-state index is 12.2. The van der Waals surface area contributed by atoms with Crippen molar-refractivity contribution in [2.45, 2.75) is 6.92 Å². The third-order valence-corrected chi connectivity index (χ3v) is 3.15. The molecule has 0 saturated carbocycles. The van der Waals surface area contributed by atoms with E-state index in [9.17, 15) is 9.90 Å². The molecule has 1 aromatic heterocycles. The van der Waals surface area contributed by atoms with Crippen molar-refractivity contribution in [3.8, 4) is 5.75 Å². The van der Waals surface area contributed by atoms with E-state index in [1.165, 1.54) is 6.07 Å². The van der Waals surface area contributed by atoms with E-state index in [0.29, 0.717) is 16.7 Å². The highest BCUT2D eigenvalue weighted by atomic mass is 16.5. The summed E-state index contributed by atoms with van der Waals surface area (Å²) in [6, 6.07) is 13.8. The molecule has 6 nitrogen and oxygen atoms in total. The quantitative estimate of drug-likeness (QED) is 0.720. The lowest BCUT2D eigenvalue weighted by Crippen LogP contribution is -2.12. The number of phenolic OH excluding ortho intramolecular Hbond substituents is 1. The first kappa shape index (κ1) is 14.8. The van der Waals surface area contributed by atoms with Gasteiger partial charge in [-0.3, -0.25) is 0 Å². The molecule has 0 unspecified atom stereocenters. The Balaban J connectivity index is 2.08. The molecule has 0 fully saturated rings. The molecule has 1 heterocycles. The first-order valence-corrected chi connectivity index (χ1v) is 7.17. The number of rotatable bonds is 4. The standard InChI is InChI=1S/C17H15N3O3/c1-2-23-17(22)15-16(18-11-6-5-7-12(21)10-11)20-14-9-4-3-8-13(14)19-15/h3-10,21H,2H2,1H3,(H,18,20). The van der Waals surface area contributed by atoms with Crippen LogP contribution in [0.3, 0.4) is 0 Å². The summed E-state index contributed by atoms with van der Waals surface area (Å²) in [5.74, 6) is -0.150. The number of hydrogen-bond donors (Lipinski definition) is 2. The van der Waals surface area contributed by atoms with Crippen molar-refractivity contribution in [1.82, 2.24) is 9.97 Å². The van der Waals surface area contributed by atoms with Crippen molar-refractivity contribution in [1.29, 1.82) is 0 Å². The minimum absolute atomic E-state index is 0.105. The number of benzene rings is 2. The van der Waals surface area contributed by atoms with Crippen molar-refractivity contribution < 1.29 is 14.6 Å². The van der Waals surface area contributed by atoms with Crippen molar-refractivity contribution in [2.75, 3.05) is 11.9 Å². The Morgan fingerprint density at radius 2 is 1.87 bits per heavy atom. The molecule has 116 valence electrons. The minimum Gasteiger partial charge on any atom is -0.508 e. The number of para-hydroxylation sites is 2. The van der Waals surface area contributed by atoms with Gasteiger partial charge in [0.05, 0.1) is 17.6 Å². The Kier molecular flexibility index (Phi) is 4.05. The average molecular weight is 309 g/mol. The second kappa shape index (κ2) is 6.31. The number of aromatic nitrogens is 2. The molecule has 0 radical (unpaired) electrons. The lowest BCUT2D eigenvalue weighted by molar-refractivity contribution is 0.0521. The number of carbonyl (C=O) groups is 1. The molecule has 6 heteroatoms. The summed E-state index contributed by atoms with van der Waals surface area (Å²) in [6.07, 6.45) is 0. The molecule has 2 N–H and O–H groups in total. The zero-order valence-electron chi connectivity index (χ0n) is 12.5. The lowest BCUT2D eigenvalue weighted by Gasteiger charge is -2.11. The third-order valence-electron chi connectivity index (χ3n) is 3.15. The van der Waals surface area contributed by atoms with E-state index in [2.05, 4.69) is 15.3 Å². The first-order valence-electron chi connectivity index (χ1n) is 7.17. The number of fused-ring (bicyclic) bond motifs is 1. The predicted octanol–water partition coefficient (Wildman–Crippen LogP) is 3.26. The maximum Gasteiger partial charge on any atom is 0.360 e. The van der Waals surface area contributed by atoms with Gasteiger partial charge in [-0.2, -0.15) is 0 Å². The summed E-state index contributed by atoms with van der Waals surface area (Å²) in [5.41, 5.74) is 1.97. The van der Waals surface area contributed by atoms with Gasteiger partial charge in [0, 0.05) is 11.8 Å². The van der Waals surface area contributed by atoms with Crippen LogP contribution in [0.2, 0.25) is 0 Å². The second-order valence-electron chi connectivity index (χ2n) is 4.81. The van der Waals surface area contributed by atoms with E-state index >= 15 is 0 Å². The van der Waals surface area contributed by atoms with Crippen LogP contribution in [-0.2, 0) is 4.74 Å². The van der Waals surface area contributed by atoms with Crippen LogP contribution in [0.5, 0.6) is 5.75 Å². The molecular formula is C17H15N3O3. The molecule has 0 aliphatic carbocycles. The molecule has 0 bridgehead atoms. The normalized spacial score (nSPS) is 10.5. The Morgan fingerprint density at radius 3 is 2.57 bits per heavy atom. The molecule has 0 aliphatic heterocycles. The number of hydrogen-bond acceptors (Lipinski definition) is 6. The summed E-state index contributed by atoms with van der Waals surface area (Å²) >= 11 is 0. The van der Waals surface area contributed by atoms with Crippen LogP contribution in [0.1, 0.15) is 17.4 Å². The SMILES string of the molecule is CCOC(=O)c1nc2ccccc2nc1Nc1cccc(O)c1. The number of ether oxygens (including phenoxy) is 1. The number of aromatic hydroxyl groups is 1. The molecule has 0 spiro atoms. The molecule has 0 aliphatic rings. The summed E-state index contributed by atoms with van der Waals surface area (Å²) in [5, 5.41) is 12.6. The lowest BCUT2D eigenvalue weighted by atomic mass is 10.2. The summed E-state index contributed by atoms with van der Waals surface area (Å²) < 4.78 is 5.05. The largest absolute Gasteiger partial charge is 0.508 e. The van der Waals surface area contributed by atoms with Crippen LogP contribution in [-0.4, -0.2) is 27.7 Å². The summed E-state index contributed by atoms with van der Waals surface area (Å²) in [4.78, 5) is 20.9. The second-order valence-corrected chi connectivity index (χ2v) is 4.81. The highest BCUT2D eigenvalue weighted by molar-refractivity contribution is 5.96. The van der Waals surface area contributed by atoms with Crippen LogP contribution < -0.4 is 5.32 Å². The van der Waals surface area contributed by atoms with Gasteiger partial charge in [0.1, 0.15) is 5.75 Å². The van der Waals surface area contributed by atoms with Gasteiger partial charge < -0.3 is 15.2 Å². The van der Waals surface area contributed by atoms with E-state index in [1.807, 2.05) is 18.2 Å². The predicted molar refractivity (Wildman–Crippen MR) is 86.9 cm³/mol. The van der Waals surface area contributed by atoms with Gasteiger partial charge in [0.15, 0.2) is 11.5 Å². The summed E-state index contributed by atoms with van der Waals surface area (Å²) in [6.45, 7) is 1.98. The Labute approximate surface area is 132 Å². The van der Waals surface area contributed by atoms with E-state index in [-0.39, 0.29) is 23.9 Å². The number of phenols is 1. The monoisotopic (exact) mass is 309 g/mol. The molecule has 0 atom stereocenters. The molecule has 0 amide bonds.